The lowest BCUT2D eigenvalue weighted by molar-refractivity contribution is 0.151. The van der Waals surface area contributed by atoms with E-state index >= 15 is 0 Å². The van der Waals surface area contributed by atoms with E-state index in [0.29, 0.717) is 16.9 Å². The zero-order chi connectivity index (χ0) is 20.4. The predicted molar refractivity (Wildman–Crippen MR) is 117 cm³/mol. The van der Waals surface area contributed by atoms with Crippen LogP contribution in [0.5, 0.6) is 5.88 Å². The number of halogens is 1. The highest BCUT2D eigenvalue weighted by molar-refractivity contribution is 6.30. The molecule has 3 aromatic rings. The van der Waals surface area contributed by atoms with Crippen LogP contribution in [0.1, 0.15) is 26.7 Å². The van der Waals surface area contributed by atoms with Gasteiger partial charge in [0.25, 0.3) is 0 Å². The van der Waals surface area contributed by atoms with Crippen molar-refractivity contribution in [3.63, 3.8) is 0 Å². The molecular weight excluding hydrogens is 386 g/mol. The van der Waals surface area contributed by atoms with Crippen LogP contribution in [0, 0.1) is 0 Å². The molecule has 1 saturated heterocycles. The van der Waals surface area contributed by atoms with Crippen molar-refractivity contribution in [1.29, 1.82) is 0 Å². The summed E-state index contributed by atoms with van der Waals surface area (Å²) in [5.74, 6) is 0.477. The standard InChI is InChI=1S/C23H26ClN3O2/c1-16(2)26-12-10-19(11-13-26)25-23(28)29-22-14-17-6-3-4-9-21(17)27(22)20-8-5-7-18(24)15-20/h3-9,14-16,19H,10-13H2,1-2H3,(H,25,28). The molecule has 1 aliphatic heterocycles. The topological polar surface area (TPSA) is 46.5 Å². The van der Waals surface area contributed by atoms with E-state index in [1.807, 2.05) is 59.2 Å². The number of benzene rings is 2. The summed E-state index contributed by atoms with van der Waals surface area (Å²) in [6, 6.07) is 18.0. The van der Waals surface area contributed by atoms with Crippen LogP contribution in [0.3, 0.4) is 0 Å². The van der Waals surface area contributed by atoms with Gasteiger partial charge < -0.3 is 15.0 Å². The highest BCUT2D eigenvalue weighted by Gasteiger charge is 2.23. The molecule has 1 fully saturated rings. The molecule has 0 radical (unpaired) electrons. The summed E-state index contributed by atoms with van der Waals surface area (Å²) in [7, 11) is 0. The number of fused-ring (bicyclic) bond motifs is 1. The van der Waals surface area contributed by atoms with Crippen molar-refractivity contribution in [1.82, 2.24) is 14.8 Å². The molecule has 0 atom stereocenters. The van der Waals surface area contributed by atoms with Crippen molar-refractivity contribution in [3.8, 4) is 11.6 Å². The molecule has 1 amide bonds. The van der Waals surface area contributed by atoms with Gasteiger partial charge in [0, 0.05) is 41.6 Å². The predicted octanol–water partition coefficient (Wildman–Crippen LogP) is 5.25. The third-order valence-corrected chi connectivity index (χ3v) is 5.76. The average molecular weight is 412 g/mol. The van der Waals surface area contributed by atoms with Gasteiger partial charge in [0.05, 0.1) is 11.2 Å². The molecule has 4 rings (SSSR count). The lowest BCUT2D eigenvalue weighted by Gasteiger charge is -2.34. The Balaban J connectivity index is 1.54. The highest BCUT2D eigenvalue weighted by Crippen LogP contribution is 2.30. The van der Waals surface area contributed by atoms with Crippen molar-refractivity contribution in [2.45, 2.75) is 38.8 Å². The number of carbonyl (C=O) groups is 1. The van der Waals surface area contributed by atoms with Crippen molar-refractivity contribution in [3.05, 3.63) is 59.6 Å². The lowest BCUT2D eigenvalue weighted by Crippen LogP contribution is -2.47. The van der Waals surface area contributed by atoms with Gasteiger partial charge in [0.1, 0.15) is 0 Å². The van der Waals surface area contributed by atoms with Crippen LogP contribution in [-0.2, 0) is 0 Å². The molecule has 29 heavy (non-hydrogen) atoms. The van der Waals surface area contributed by atoms with Gasteiger partial charge in [-0.05, 0) is 51.0 Å². The number of ether oxygens (including phenoxy) is 1. The summed E-state index contributed by atoms with van der Waals surface area (Å²) >= 11 is 6.20. The normalized spacial score (nSPS) is 15.7. The Hall–Kier alpha value is -2.50. The average Bonchev–Trinajstić information content (AvgIpc) is 3.06. The smallest absolute Gasteiger partial charge is 0.393 e. The summed E-state index contributed by atoms with van der Waals surface area (Å²) < 4.78 is 7.68. The number of hydrogen-bond acceptors (Lipinski definition) is 3. The fraction of sp³-hybridized carbons (Fsp3) is 0.348. The molecular formula is C23H26ClN3O2. The van der Waals surface area contributed by atoms with E-state index < -0.39 is 6.09 Å². The summed E-state index contributed by atoms with van der Waals surface area (Å²) in [6.07, 6.45) is 1.45. The first kappa shape index (κ1) is 19.8. The van der Waals surface area contributed by atoms with E-state index in [9.17, 15) is 4.79 Å². The number of nitrogens with one attached hydrogen (secondary N) is 1. The zero-order valence-electron chi connectivity index (χ0n) is 16.8. The third-order valence-electron chi connectivity index (χ3n) is 5.52. The van der Waals surface area contributed by atoms with Gasteiger partial charge in [-0.15, -0.1) is 0 Å². The minimum absolute atomic E-state index is 0.140. The van der Waals surface area contributed by atoms with E-state index in [1.165, 1.54) is 0 Å². The minimum atomic E-state index is -0.418. The van der Waals surface area contributed by atoms with Gasteiger partial charge in [-0.25, -0.2) is 4.79 Å². The molecule has 0 spiro atoms. The molecule has 2 heterocycles. The van der Waals surface area contributed by atoms with Gasteiger partial charge in [-0.3, -0.25) is 4.57 Å². The Morgan fingerprint density at radius 3 is 2.59 bits per heavy atom. The Morgan fingerprint density at radius 1 is 1.10 bits per heavy atom. The molecule has 5 nitrogen and oxygen atoms in total. The molecule has 1 aromatic heterocycles. The largest absolute Gasteiger partial charge is 0.414 e. The van der Waals surface area contributed by atoms with Crippen molar-refractivity contribution in [2.24, 2.45) is 0 Å². The fourth-order valence-corrected chi connectivity index (χ4v) is 4.12. The molecule has 0 bridgehead atoms. The number of hydrogen-bond donors (Lipinski definition) is 1. The maximum atomic E-state index is 12.6. The fourth-order valence-electron chi connectivity index (χ4n) is 3.94. The Kier molecular flexibility index (Phi) is 5.79. The number of amides is 1. The molecule has 0 saturated carbocycles. The minimum Gasteiger partial charge on any atom is -0.393 e. The summed E-state index contributed by atoms with van der Waals surface area (Å²) in [5.41, 5.74) is 1.81. The number of para-hydroxylation sites is 1. The number of likely N-dealkylation sites (tertiary alicyclic amines) is 1. The van der Waals surface area contributed by atoms with Crippen LogP contribution in [0.2, 0.25) is 5.02 Å². The molecule has 0 aliphatic carbocycles. The van der Waals surface area contributed by atoms with Crippen LogP contribution in [0.15, 0.2) is 54.6 Å². The molecule has 1 N–H and O–H groups in total. The van der Waals surface area contributed by atoms with E-state index in [1.54, 1.807) is 0 Å². The SMILES string of the molecule is CC(C)N1CCC(NC(=O)Oc2cc3ccccc3n2-c2cccc(Cl)c2)CC1. The number of rotatable bonds is 4. The number of piperidine rings is 1. The van der Waals surface area contributed by atoms with Gasteiger partial charge in [-0.2, -0.15) is 0 Å². The molecule has 0 unspecified atom stereocenters. The third kappa shape index (κ3) is 4.41. The Labute approximate surface area is 176 Å². The second kappa shape index (κ2) is 8.47. The van der Waals surface area contributed by atoms with E-state index in [4.69, 9.17) is 16.3 Å². The van der Waals surface area contributed by atoms with Crippen molar-refractivity contribution >= 4 is 28.6 Å². The molecule has 6 heteroatoms. The van der Waals surface area contributed by atoms with Crippen LogP contribution in [0.25, 0.3) is 16.6 Å². The van der Waals surface area contributed by atoms with Crippen LogP contribution < -0.4 is 10.1 Å². The van der Waals surface area contributed by atoms with E-state index in [2.05, 4.69) is 24.1 Å². The maximum Gasteiger partial charge on any atom is 0.414 e. The number of nitrogens with zero attached hydrogens (tertiary/aromatic N) is 2. The van der Waals surface area contributed by atoms with E-state index in [-0.39, 0.29) is 6.04 Å². The second-order valence-corrected chi connectivity index (χ2v) is 8.23. The molecule has 1 aliphatic rings. The zero-order valence-corrected chi connectivity index (χ0v) is 17.5. The first-order valence-electron chi connectivity index (χ1n) is 10.1. The highest BCUT2D eigenvalue weighted by atomic mass is 35.5. The van der Waals surface area contributed by atoms with E-state index in [0.717, 1.165) is 42.5 Å². The summed E-state index contributed by atoms with van der Waals surface area (Å²) in [5, 5.41) is 4.67. The van der Waals surface area contributed by atoms with Crippen LogP contribution >= 0.6 is 11.6 Å². The first-order valence-corrected chi connectivity index (χ1v) is 10.5. The van der Waals surface area contributed by atoms with Gasteiger partial charge in [-0.1, -0.05) is 35.9 Å². The van der Waals surface area contributed by atoms with Gasteiger partial charge in [0.2, 0.25) is 5.88 Å². The molecule has 152 valence electrons. The van der Waals surface area contributed by atoms with Gasteiger partial charge in [0.15, 0.2) is 0 Å². The second-order valence-electron chi connectivity index (χ2n) is 7.79. The maximum absolute atomic E-state index is 12.6. The number of aromatic nitrogens is 1. The Bertz CT molecular complexity index is 1010. The van der Waals surface area contributed by atoms with Crippen LogP contribution in [-0.4, -0.2) is 40.7 Å². The van der Waals surface area contributed by atoms with Crippen molar-refractivity contribution in [2.75, 3.05) is 13.1 Å². The Morgan fingerprint density at radius 2 is 1.86 bits per heavy atom. The first-order chi connectivity index (χ1) is 14.0. The molecule has 2 aromatic carbocycles. The lowest BCUT2D eigenvalue weighted by atomic mass is 10.0. The van der Waals surface area contributed by atoms with Crippen LogP contribution in [0.4, 0.5) is 4.79 Å². The monoisotopic (exact) mass is 411 g/mol. The number of carbonyl (C=O) groups excluding carboxylic acids is 1. The van der Waals surface area contributed by atoms with Gasteiger partial charge >= 0.3 is 6.09 Å². The quantitative estimate of drug-likeness (QED) is 0.638. The summed E-state index contributed by atoms with van der Waals surface area (Å²) in [4.78, 5) is 15.1. The summed E-state index contributed by atoms with van der Waals surface area (Å²) in [6.45, 7) is 6.39. The van der Waals surface area contributed by atoms with Crippen molar-refractivity contribution < 1.29 is 9.53 Å².